The second-order valence-electron chi connectivity index (χ2n) is 5.61. The summed E-state index contributed by atoms with van der Waals surface area (Å²) in [6, 6.07) is 2.42. The highest BCUT2D eigenvalue weighted by atomic mass is 16.2. The van der Waals surface area contributed by atoms with Crippen molar-refractivity contribution in [3.05, 3.63) is 0 Å². The summed E-state index contributed by atoms with van der Waals surface area (Å²) < 4.78 is 0. The van der Waals surface area contributed by atoms with E-state index in [0.29, 0.717) is 17.7 Å². The fourth-order valence-electron chi connectivity index (χ4n) is 2.76. The van der Waals surface area contributed by atoms with Gasteiger partial charge in [0.25, 0.3) is 0 Å². The van der Waals surface area contributed by atoms with E-state index in [4.69, 9.17) is 5.26 Å². The maximum atomic E-state index is 12.1. The van der Waals surface area contributed by atoms with Gasteiger partial charge in [0, 0.05) is 32.1 Å². The first-order valence-corrected chi connectivity index (χ1v) is 7.09. The fraction of sp³-hybridized carbons (Fsp3) is 0.857. The van der Waals surface area contributed by atoms with Gasteiger partial charge in [0.2, 0.25) is 5.91 Å². The van der Waals surface area contributed by atoms with Crippen molar-refractivity contribution >= 4 is 5.91 Å². The first kappa shape index (κ1) is 13.4. The molecule has 0 bridgehead atoms. The van der Waals surface area contributed by atoms with E-state index < -0.39 is 0 Å². The molecule has 1 saturated carbocycles. The largest absolute Gasteiger partial charge is 0.340 e. The molecule has 1 saturated heterocycles. The van der Waals surface area contributed by atoms with Crippen LogP contribution in [0.5, 0.6) is 0 Å². The summed E-state index contributed by atoms with van der Waals surface area (Å²) in [4.78, 5) is 16.3. The van der Waals surface area contributed by atoms with Gasteiger partial charge in [0.1, 0.15) is 0 Å². The number of piperazine rings is 1. The Hall–Kier alpha value is -1.08. The quantitative estimate of drug-likeness (QED) is 0.758. The van der Waals surface area contributed by atoms with Crippen molar-refractivity contribution in [2.24, 2.45) is 11.8 Å². The molecule has 0 aromatic carbocycles. The van der Waals surface area contributed by atoms with Crippen LogP contribution in [-0.2, 0) is 4.79 Å². The molecule has 2 rings (SSSR count). The zero-order valence-electron chi connectivity index (χ0n) is 11.4. The van der Waals surface area contributed by atoms with Crippen LogP contribution in [-0.4, -0.2) is 47.9 Å². The van der Waals surface area contributed by atoms with Crippen LogP contribution in [0.25, 0.3) is 0 Å². The lowest BCUT2D eigenvalue weighted by atomic mass is 10.1. The van der Waals surface area contributed by atoms with E-state index in [1.165, 1.54) is 0 Å². The number of nitriles is 1. The van der Waals surface area contributed by atoms with Crippen molar-refractivity contribution in [1.29, 1.82) is 5.26 Å². The Morgan fingerprint density at radius 2 is 2.00 bits per heavy atom. The van der Waals surface area contributed by atoms with Gasteiger partial charge < -0.3 is 4.90 Å². The molecule has 18 heavy (non-hydrogen) atoms. The Bertz CT molecular complexity index is 341. The van der Waals surface area contributed by atoms with Crippen LogP contribution in [0.1, 0.15) is 33.1 Å². The smallest absolute Gasteiger partial charge is 0.226 e. The molecule has 100 valence electrons. The molecule has 1 heterocycles. The minimum atomic E-state index is 0.0344. The second-order valence-corrected chi connectivity index (χ2v) is 5.61. The molecule has 3 atom stereocenters. The molecular formula is C14H23N3O. The van der Waals surface area contributed by atoms with Crippen molar-refractivity contribution in [3.63, 3.8) is 0 Å². The van der Waals surface area contributed by atoms with Gasteiger partial charge in [0.05, 0.1) is 12.1 Å². The molecule has 2 aliphatic rings. The molecule has 4 heteroatoms. The molecule has 4 nitrogen and oxygen atoms in total. The highest BCUT2D eigenvalue weighted by Gasteiger charge is 2.42. The molecular weight excluding hydrogens is 226 g/mol. The van der Waals surface area contributed by atoms with Gasteiger partial charge in [-0.25, -0.2) is 0 Å². The maximum Gasteiger partial charge on any atom is 0.226 e. The van der Waals surface area contributed by atoms with Crippen LogP contribution >= 0.6 is 0 Å². The minimum Gasteiger partial charge on any atom is -0.340 e. The average molecular weight is 249 g/mol. The molecule has 0 N–H and O–H groups in total. The Morgan fingerprint density at radius 1 is 1.39 bits per heavy atom. The molecule has 0 aromatic heterocycles. The van der Waals surface area contributed by atoms with Gasteiger partial charge in [-0.3, -0.25) is 9.69 Å². The number of rotatable bonds is 4. The molecule has 0 radical (unpaired) electrons. The third-order valence-corrected chi connectivity index (χ3v) is 4.20. The second kappa shape index (κ2) is 5.71. The lowest BCUT2D eigenvalue weighted by Crippen LogP contribution is -2.52. The van der Waals surface area contributed by atoms with Gasteiger partial charge >= 0.3 is 0 Å². The maximum absolute atomic E-state index is 12.1. The van der Waals surface area contributed by atoms with E-state index in [9.17, 15) is 4.79 Å². The van der Waals surface area contributed by atoms with E-state index in [1.54, 1.807) is 0 Å². The highest BCUT2D eigenvalue weighted by molar-refractivity contribution is 5.81. The topological polar surface area (TPSA) is 47.3 Å². The fourth-order valence-corrected chi connectivity index (χ4v) is 2.76. The van der Waals surface area contributed by atoms with E-state index in [2.05, 4.69) is 24.8 Å². The first-order chi connectivity index (χ1) is 8.67. The summed E-state index contributed by atoms with van der Waals surface area (Å²) in [5.74, 6) is 1.22. The van der Waals surface area contributed by atoms with Gasteiger partial charge in [-0.1, -0.05) is 20.3 Å². The van der Waals surface area contributed by atoms with Crippen molar-refractivity contribution in [2.75, 3.05) is 26.2 Å². The zero-order chi connectivity index (χ0) is 13.1. The van der Waals surface area contributed by atoms with Crippen LogP contribution in [0, 0.1) is 23.2 Å². The number of carbonyl (C=O) groups is 1. The Balaban J connectivity index is 1.80. The summed E-state index contributed by atoms with van der Waals surface area (Å²) in [5, 5.41) is 9.15. The summed E-state index contributed by atoms with van der Waals surface area (Å²) >= 11 is 0. The van der Waals surface area contributed by atoms with Gasteiger partial charge in [-0.05, 0) is 18.8 Å². The third kappa shape index (κ3) is 2.84. The van der Waals surface area contributed by atoms with Crippen LogP contribution in [0.2, 0.25) is 0 Å². The van der Waals surface area contributed by atoms with E-state index in [0.717, 1.165) is 45.4 Å². The van der Waals surface area contributed by atoms with Gasteiger partial charge in [0.15, 0.2) is 0 Å². The predicted octanol–water partition coefficient (Wildman–Crippen LogP) is 1.48. The zero-order valence-corrected chi connectivity index (χ0v) is 11.4. The van der Waals surface area contributed by atoms with Crippen LogP contribution in [0.3, 0.4) is 0 Å². The van der Waals surface area contributed by atoms with Crippen LogP contribution < -0.4 is 0 Å². The summed E-state index contributed by atoms with van der Waals surface area (Å²) in [7, 11) is 0. The van der Waals surface area contributed by atoms with Gasteiger partial charge in [-0.15, -0.1) is 0 Å². The van der Waals surface area contributed by atoms with Gasteiger partial charge in [-0.2, -0.15) is 5.26 Å². The molecule has 1 aliphatic carbocycles. The third-order valence-electron chi connectivity index (χ3n) is 4.20. The van der Waals surface area contributed by atoms with E-state index in [1.807, 2.05) is 4.90 Å². The van der Waals surface area contributed by atoms with Crippen molar-refractivity contribution in [1.82, 2.24) is 9.80 Å². The molecule has 0 spiro atoms. The van der Waals surface area contributed by atoms with E-state index >= 15 is 0 Å². The van der Waals surface area contributed by atoms with E-state index in [-0.39, 0.29) is 6.04 Å². The number of amides is 1. The van der Waals surface area contributed by atoms with Crippen molar-refractivity contribution < 1.29 is 4.79 Å². The monoisotopic (exact) mass is 249 g/mol. The van der Waals surface area contributed by atoms with Crippen molar-refractivity contribution in [3.8, 4) is 6.07 Å². The molecule has 1 amide bonds. The average Bonchev–Trinajstić information content (AvgIpc) is 3.12. The van der Waals surface area contributed by atoms with Crippen molar-refractivity contribution in [2.45, 2.75) is 39.2 Å². The Labute approximate surface area is 110 Å². The lowest BCUT2D eigenvalue weighted by molar-refractivity contribution is -0.134. The summed E-state index contributed by atoms with van der Waals surface area (Å²) in [6.45, 7) is 7.55. The standard InChI is InChI=1S/C14H23N3O/c1-3-4-12(10-15)16-5-7-17(8-6-16)14(18)13-9-11(13)2/h11-13H,3-9H2,1-2H3. The highest BCUT2D eigenvalue weighted by Crippen LogP contribution is 2.39. The molecule has 2 fully saturated rings. The summed E-state index contributed by atoms with van der Waals surface area (Å²) in [5.41, 5.74) is 0. The Kier molecular flexibility index (Phi) is 4.23. The number of carbonyl (C=O) groups excluding carboxylic acids is 1. The van der Waals surface area contributed by atoms with Crippen LogP contribution in [0.15, 0.2) is 0 Å². The molecule has 0 aromatic rings. The Morgan fingerprint density at radius 3 is 2.44 bits per heavy atom. The minimum absolute atomic E-state index is 0.0344. The molecule has 1 aliphatic heterocycles. The number of hydrogen-bond acceptors (Lipinski definition) is 3. The van der Waals surface area contributed by atoms with Crippen LogP contribution in [0.4, 0.5) is 0 Å². The number of hydrogen-bond donors (Lipinski definition) is 0. The summed E-state index contributed by atoms with van der Waals surface area (Å²) in [6.07, 6.45) is 3.04. The predicted molar refractivity (Wildman–Crippen MR) is 69.7 cm³/mol. The normalized spacial score (nSPS) is 29.7. The SMILES string of the molecule is CCCC(C#N)N1CCN(C(=O)C2CC2C)CC1. The lowest BCUT2D eigenvalue weighted by Gasteiger charge is -2.37. The molecule has 3 unspecified atom stereocenters. The first-order valence-electron chi connectivity index (χ1n) is 7.09. The number of nitrogens with zero attached hydrogens (tertiary/aromatic N) is 3.